The van der Waals surface area contributed by atoms with Gasteiger partial charge < -0.3 is 16.8 Å². The van der Waals surface area contributed by atoms with Gasteiger partial charge in [-0.2, -0.15) is 0 Å². The lowest BCUT2D eigenvalue weighted by Gasteiger charge is -2.19. The molecule has 1 saturated heterocycles. The molecule has 1 saturated carbocycles. The summed E-state index contributed by atoms with van der Waals surface area (Å²) in [5.41, 5.74) is 13.1. The third kappa shape index (κ3) is 2.51. The molecular formula is C14H20N4O. The lowest BCUT2D eigenvalue weighted by Crippen LogP contribution is -2.29. The van der Waals surface area contributed by atoms with E-state index in [1.54, 1.807) is 18.2 Å². The highest BCUT2D eigenvalue weighted by Crippen LogP contribution is 2.32. The van der Waals surface area contributed by atoms with Gasteiger partial charge in [-0.3, -0.25) is 9.69 Å². The maximum atomic E-state index is 11.4. The van der Waals surface area contributed by atoms with Crippen molar-refractivity contribution in [2.24, 2.45) is 5.73 Å². The van der Waals surface area contributed by atoms with E-state index in [4.69, 9.17) is 11.5 Å². The van der Waals surface area contributed by atoms with Crippen LogP contribution >= 0.6 is 0 Å². The summed E-state index contributed by atoms with van der Waals surface area (Å²) in [4.78, 5) is 14.0. The van der Waals surface area contributed by atoms with Crippen LogP contribution in [0.5, 0.6) is 0 Å². The fourth-order valence-electron chi connectivity index (χ4n) is 2.82. The number of benzene rings is 1. The van der Waals surface area contributed by atoms with Crippen LogP contribution in [0.1, 0.15) is 29.6 Å². The molecule has 2 aliphatic rings. The molecule has 3 rings (SSSR count). The summed E-state index contributed by atoms with van der Waals surface area (Å²) >= 11 is 0. The fourth-order valence-corrected chi connectivity index (χ4v) is 2.82. The van der Waals surface area contributed by atoms with Gasteiger partial charge in [0.1, 0.15) is 0 Å². The van der Waals surface area contributed by atoms with Crippen molar-refractivity contribution in [2.45, 2.75) is 31.3 Å². The molecule has 1 heterocycles. The molecule has 0 spiro atoms. The minimum absolute atomic E-state index is 0.350. The second-order valence-corrected chi connectivity index (χ2v) is 5.49. The lowest BCUT2D eigenvalue weighted by atomic mass is 10.1. The van der Waals surface area contributed by atoms with Crippen molar-refractivity contribution in [3.63, 3.8) is 0 Å². The molecule has 0 aromatic heterocycles. The van der Waals surface area contributed by atoms with Gasteiger partial charge >= 0.3 is 0 Å². The van der Waals surface area contributed by atoms with Crippen molar-refractivity contribution >= 4 is 17.3 Å². The molecule has 1 aliphatic heterocycles. The number of nitrogen functional groups attached to an aromatic ring is 1. The number of para-hydroxylation sites is 1. The second kappa shape index (κ2) is 4.74. The average molecular weight is 260 g/mol. The molecule has 5 heteroatoms. The minimum Gasteiger partial charge on any atom is -0.397 e. The number of hydrogen-bond acceptors (Lipinski definition) is 4. The van der Waals surface area contributed by atoms with E-state index in [2.05, 4.69) is 10.2 Å². The van der Waals surface area contributed by atoms with Gasteiger partial charge in [0.2, 0.25) is 0 Å². The number of nitrogens with one attached hydrogen (secondary N) is 1. The number of hydrogen-bond donors (Lipinski definition) is 3. The number of rotatable bonds is 4. The van der Waals surface area contributed by atoms with Crippen LogP contribution in [0.15, 0.2) is 18.2 Å². The first-order valence-electron chi connectivity index (χ1n) is 6.84. The third-order valence-electron chi connectivity index (χ3n) is 3.99. The SMILES string of the molecule is NC(=O)c1cccc(N)c1NC1CCN(C2CC2)C1. The molecule has 0 bridgehead atoms. The zero-order valence-corrected chi connectivity index (χ0v) is 10.9. The summed E-state index contributed by atoms with van der Waals surface area (Å²) in [5.74, 6) is -0.438. The first-order valence-corrected chi connectivity index (χ1v) is 6.84. The largest absolute Gasteiger partial charge is 0.397 e. The van der Waals surface area contributed by atoms with Gasteiger partial charge in [0.05, 0.1) is 16.9 Å². The Morgan fingerprint density at radius 1 is 1.32 bits per heavy atom. The Morgan fingerprint density at radius 3 is 2.79 bits per heavy atom. The molecular weight excluding hydrogens is 240 g/mol. The van der Waals surface area contributed by atoms with Crippen molar-refractivity contribution in [1.82, 2.24) is 4.90 Å². The summed E-state index contributed by atoms with van der Waals surface area (Å²) in [6.45, 7) is 2.15. The van der Waals surface area contributed by atoms with E-state index in [1.165, 1.54) is 12.8 Å². The number of nitrogens with zero attached hydrogens (tertiary/aromatic N) is 1. The minimum atomic E-state index is -0.438. The van der Waals surface area contributed by atoms with Gasteiger partial charge in [-0.15, -0.1) is 0 Å². The number of primary amides is 1. The smallest absolute Gasteiger partial charge is 0.250 e. The predicted octanol–water partition coefficient (Wildman–Crippen LogP) is 1.02. The van der Waals surface area contributed by atoms with Gasteiger partial charge in [0, 0.05) is 25.2 Å². The molecule has 102 valence electrons. The van der Waals surface area contributed by atoms with Crippen LogP contribution in [0.2, 0.25) is 0 Å². The van der Waals surface area contributed by atoms with Crippen molar-refractivity contribution in [3.8, 4) is 0 Å². The third-order valence-corrected chi connectivity index (χ3v) is 3.99. The normalized spacial score (nSPS) is 23.5. The Bertz CT molecular complexity index is 498. The Kier molecular flexibility index (Phi) is 3.06. The standard InChI is InChI=1S/C14H20N4O/c15-12-3-1-2-11(14(16)19)13(12)17-9-6-7-18(8-9)10-4-5-10/h1-3,9-10,17H,4-8,15H2,(H2,16,19). The highest BCUT2D eigenvalue weighted by Gasteiger charge is 2.34. The molecule has 1 aromatic rings. The van der Waals surface area contributed by atoms with Crippen LogP contribution in [0.3, 0.4) is 0 Å². The van der Waals surface area contributed by atoms with Crippen LogP contribution in [0, 0.1) is 0 Å². The van der Waals surface area contributed by atoms with E-state index in [0.717, 1.165) is 25.6 Å². The molecule has 0 radical (unpaired) electrons. The first-order chi connectivity index (χ1) is 9.15. The zero-order valence-electron chi connectivity index (χ0n) is 10.9. The molecule has 5 N–H and O–H groups in total. The van der Waals surface area contributed by atoms with Crippen LogP contribution in [0.25, 0.3) is 0 Å². The highest BCUT2D eigenvalue weighted by atomic mass is 16.1. The Balaban J connectivity index is 1.74. The quantitative estimate of drug-likeness (QED) is 0.706. The maximum Gasteiger partial charge on any atom is 0.250 e. The molecule has 2 fully saturated rings. The van der Waals surface area contributed by atoms with E-state index in [1.807, 2.05) is 0 Å². The molecule has 5 nitrogen and oxygen atoms in total. The first kappa shape index (κ1) is 12.3. The molecule has 1 aliphatic carbocycles. The van der Waals surface area contributed by atoms with Gasteiger partial charge in [-0.05, 0) is 31.4 Å². The van der Waals surface area contributed by atoms with Gasteiger partial charge in [0.25, 0.3) is 5.91 Å². The van der Waals surface area contributed by atoms with E-state index in [-0.39, 0.29) is 0 Å². The molecule has 1 aromatic carbocycles. The molecule has 1 atom stereocenters. The maximum absolute atomic E-state index is 11.4. The highest BCUT2D eigenvalue weighted by molar-refractivity contribution is 6.01. The van der Waals surface area contributed by atoms with Crippen molar-refractivity contribution in [1.29, 1.82) is 0 Å². The summed E-state index contributed by atoms with van der Waals surface area (Å²) in [5, 5.41) is 3.40. The fraction of sp³-hybridized carbons (Fsp3) is 0.500. The molecule has 1 unspecified atom stereocenters. The molecule has 1 amide bonds. The Morgan fingerprint density at radius 2 is 2.11 bits per heavy atom. The second-order valence-electron chi connectivity index (χ2n) is 5.49. The summed E-state index contributed by atoms with van der Waals surface area (Å²) in [6.07, 6.45) is 3.74. The monoisotopic (exact) mass is 260 g/mol. The summed E-state index contributed by atoms with van der Waals surface area (Å²) in [6, 6.07) is 6.40. The van der Waals surface area contributed by atoms with E-state index in [9.17, 15) is 4.79 Å². The predicted molar refractivity (Wildman–Crippen MR) is 76.0 cm³/mol. The van der Waals surface area contributed by atoms with Crippen LogP contribution in [-0.4, -0.2) is 36.0 Å². The number of anilines is 2. The Labute approximate surface area is 112 Å². The van der Waals surface area contributed by atoms with Crippen molar-refractivity contribution < 1.29 is 4.79 Å². The number of amides is 1. The number of carbonyl (C=O) groups excluding carboxylic acids is 1. The van der Waals surface area contributed by atoms with Crippen LogP contribution in [0.4, 0.5) is 11.4 Å². The number of likely N-dealkylation sites (tertiary alicyclic amines) is 1. The van der Waals surface area contributed by atoms with E-state index in [0.29, 0.717) is 23.0 Å². The van der Waals surface area contributed by atoms with E-state index < -0.39 is 5.91 Å². The van der Waals surface area contributed by atoms with Crippen molar-refractivity contribution in [3.05, 3.63) is 23.8 Å². The zero-order chi connectivity index (χ0) is 13.4. The molecule has 19 heavy (non-hydrogen) atoms. The van der Waals surface area contributed by atoms with Gasteiger partial charge in [-0.25, -0.2) is 0 Å². The average Bonchev–Trinajstić information content (AvgIpc) is 3.12. The Hall–Kier alpha value is -1.75. The van der Waals surface area contributed by atoms with Gasteiger partial charge in [-0.1, -0.05) is 6.07 Å². The van der Waals surface area contributed by atoms with Crippen LogP contribution in [-0.2, 0) is 0 Å². The van der Waals surface area contributed by atoms with Crippen LogP contribution < -0.4 is 16.8 Å². The lowest BCUT2D eigenvalue weighted by molar-refractivity contribution is 0.100. The summed E-state index contributed by atoms with van der Waals surface area (Å²) < 4.78 is 0. The number of nitrogens with two attached hydrogens (primary N) is 2. The summed E-state index contributed by atoms with van der Waals surface area (Å²) in [7, 11) is 0. The number of carbonyl (C=O) groups is 1. The van der Waals surface area contributed by atoms with E-state index >= 15 is 0 Å². The van der Waals surface area contributed by atoms with Gasteiger partial charge in [0.15, 0.2) is 0 Å². The topological polar surface area (TPSA) is 84.4 Å². The van der Waals surface area contributed by atoms with Crippen molar-refractivity contribution in [2.75, 3.05) is 24.1 Å².